The minimum absolute atomic E-state index is 0.125. The Bertz CT molecular complexity index is 735. The fraction of sp³-hybridized carbons (Fsp3) is 0.250. The second-order valence-electron chi connectivity index (χ2n) is 5.64. The van der Waals surface area contributed by atoms with Crippen molar-refractivity contribution in [1.82, 2.24) is 10.6 Å². The van der Waals surface area contributed by atoms with Crippen LogP contribution in [0.4, 0.5) is 4.79 Å². The molecule has 2 rings (SSSR count). The highest BCUT2D eigenvalue weighted by Crippen LogP contribution is 2.08. The Labute approximate surface area is 157 Å². The number of imide groups is 1. The average Bonchev–Trinajstić information content (AvgIpc) is 2.70. The third-order valence-corrected chi connectivity index (χ3v) is 3.45. The molecule has 2 aromatic carbocycles. The lowest BCUT2D eigenvalue weighted by molar-refractivity contribution is -0.148. The van der Waals surface area contributed by atoms with E-state index in [1.807, 2.05) is 60.7 Å². The predicted octanol–water partition coefficient (Wildman–Crippen LogP) is 2.41. The van der Waals surface area contributed by atoms with Crippen molar-refractivity contribution in [2.45, 2.75) is 19.4 Å². The maximum absolute atomic E-state index is 11.6. The monoisotopic (exact) mass is 370 g/mol. The van der Waals surface area contributed by atoms with Gasteiger partial charge < -0.3 is 14.8 Å². The van der Waals surface area contributed by atoms with E-state index in [4.69, 9.17) is 9.47 Å². The molecule has 0 bridgehead atoms. The molecule has 0 unspecified atom stereocenters. The lowest BCUT2D eigenvalue weighted by Gasteiger charge is -2.08. The van der Waals surface area contributed by atoms with Gasteiger partial charge in [-0.15, -0.1) is 0 Å². The Morgan fingerprint density at radius 2 is 1.56 bits per heavy atom. The first-order valence-corrected chi connectivity index (χ1v) is 8.58. The van der Waals surface area contributed by atoms with Crippen LogP contribution in [0.15, 0.2) is 60.7 Å². The lowest BCUT2D eigenvalue weighted by atomic mass is 10.2. The van der Waals surface area contributed by atoms with Crippen LogP contribution in [0.3, 0.4) is 0 Å². The Balaban J connectivity index is 1.53. The molecule has 0 aliphatic rings. The molecule has 0 radical (unpaired) electrons. The average molecular weight is 370 g/mol. The van der Waals surface area contributed by atoms with Gasteiger partial charge in [-0.3, -0.25) is 14.9 Å². The van der Waals surface area contributed by atoms with E-state index in [0.29, 0.717) is 19.6 Å². The van der Waals surface area contributed by atoms with Gasteiger partial charge in [0.15, 0.2) is 6.61 Å². The Morgan fingerprint density at radius 1 is 0.889 bits per heavy atom. The van der Waals surface area contributed by atoms with Crippen LogP contribution in [0.5, 0.6) is 5.75 Å². The summed E-state index contributed by atoms with van der Waals surface area (Å²) in [6.45, 7) is 0.158. The predicted molar refractivity (Wildman–Crippen MR) is 99.0 cm³/mol. The third kappa shape index (κ3) is 8.53. The molecule has 0 heterocycles. The number of para-hydroxylation sites is 1. The van der Waals surface area contributed by atoms with Gasteiger partial charge in [0.05, 0.1) is 6.61 Å². The minimum Gasteiger partial charge on any atom is -0.494 e. The quantitative estimate of drug-likeness (QED) is 0.522. The maximum Gasteiger partial charge on any atom is 0.321 e. The first-order valence-electron chi connectivity index (χ1n) is 8.58. The van der Waals surface area contributed by atoms with Crippen molar-refractivity contribution in [2.24, 2.45) is 0 Å². The molecule has 7 nitrogen and oxygen atoms in total. The van der Waals surface area contributed by atoms with Crippen LogP contribution in [0.25, 0.3) is 0 Å². The van der Waals surface area contributed by atoms with E-state index < -0.39 is 24.5 Å². The van der Waals surface area contributed by atoms with E-state index in [9.17, 15) is 14.4 Å². The molecule has 0 fully saturated rings. The summed E-state index contributed by atoms with van der Waals surface area (Å²) in [6, 6.07) is 17.9. The molecule has 0 saturated heterocycles. The van der Waals surface area contributed by atoms with Crippen molar-refractivity contribution >= 4 is 17.9 Å². The van der Waals surface area contributed by atoms with Gasteiger partial charge in [0.1, 0.15) is 5.75 Å². The summed E-state index contributed by atoms with van der Waals surface area (Å²) in [5.41, 5.74) is 0.907. The summed E-state index contributed by atoms with van der Waals surface area (Å²) in [5, 5.41) is 4.65. The van der Waals surface area contributed by atoms with Gasteiger partial charge in [-0.05, 0) is 24.1 Å². The molecular weight excluding hydrogens is 348 g/mol. The topological polar surface area (TPSA) is 93.7 Å². The highest BCUT2D eigenvalue weighted by molar-refractivity contribution is 5.95. The van der Waals surface area contributed by atoms with Crippen molar-refractivity contribution < 1.29 is 23.9 Å². The van der Waals surface area contributed by atoms with Crippen LogP contribution in [-0.4, -0.2) is 31.1 Å². The molecule has 142 valence electrons. The normalized spacial score (nSPS) is 9.93. The van der Waals surface area contributed by atoms with Gasteiger partial charge in [-0.2, -0.15) is 0 Å². The largest absolute Gasteiger partial charge is 0.494 e. The van der Waals surface area contributed by atoms with Crippen LogP contribution in [-0.2, 0) is 20.9 Å². The lowest BCUT2D eigenvalue weighted by Crippen LogP contribution is -2.41. The molecule has 0 atom stereocenters. The number of carbonyl (C=O) groups excluding carboxylic acids is 3. The number of carbonyl (C=O) groups is 3. The molecule has 0 aliphatic heterocycles. The van der Waals surface area contributed by atoms with Crippen LogP contribution < -0.4 is 15.4 Å². The number of ether oxygens (including phenoxy) is 2. The smallest absolute Gasteiger partial charge is 0.321 e. The van der Waals surface area contributed by atoms with Crippen LogP contribution in [0.1, 0.15) is 18.4 Å². The maximum atomic E-state index is 11.6. The molecule has 3 amide bonds. The summed E-state index contributed by atoms with van der Waals surface area (Å²) in [5.74, 6) is -0.479. The summed E-state index contributed by atoms with van der Waals surface area (Å²) >= 11 is 0. The minimum atomic E-state index is -0.686. The Hall–Kier alpha value is -3.35. The van der Waals surface area contributed by atoms with Gasteiger partial charge in [0.2, 0.25) is 0 Å². The number of benzene rings is 2. The van der Waals surface area contributed by atoms with Crippen LogP contribution >= 0.6 is 0 Å². The molecule has 2 N–H and O–H groups in total. The number of hydrogen-bond acceptors (Lipinski definition) is 5. The van der Waals surface area contributed by atoms with Crippen LogP contribution in [0.2, 0.25) is 0 Å². The van der Waals surface area contributed by atoms with E-state index >= 15 is 0 Å². The van der Waals surface area contributed by atoms with Crippen molar-refractivity contribution in [1.29, 1.82) is 0 Å². The number of amides is 3. The molecule has 0 aromatic heterocycles. The van der Waals surface area contributed by atoms with E-state index in [1.54, 1.807) is 0 Å². The molecular formula is C20H22N2O5. The Morgan fingerprint density at radius 3 is 2.26 bits per heavy atom. The van der Waals surface area contributed by atoms with E-state index in [2.05, 4.69) is 10.6 Å². The molecule has 0 saturated carbocycles. The van der Waals surface area contributed by atoms with E-state index in [1.165, 1.54) is 0 Å². The molecule has 0 spiro atoms. The standard InChI is InChI=1S/C20H22N2O5/c23-18(22-20(25)21-14-16-8-3-1-4-9-16)15-27-19(24)12-7-13-26-17-10-5-2-6-11-17/h1-6,8-11H,7,12-15H2,(H2,21,22,23,25). The summed E-state index contributed by atoms with van der Waals surface area (Å²) < 4.78 is 10.3. The second-order valence-corrected chi connectivity index (χ2v) is 5.64. The number of esters is 1. The van der Waals surface area contributed by atoms with E-state index in [0.717, 1.165) is 11.3 Å². The van der Waals surface area contributed by atoms with Gasteiger partial charge in [-0.1, -0.05) is 48.5 Å². The fourth-order valence-electron chi connectivity index (χ4n) is 2.13. The van der Waals surface area contributed by atoms with Crippen molar-refractivity contribution in [2.75, 3.05) is 13.2 Å². The molecule has 0 aliphatic carbocycles. The molecule has 2 aromatic rings. The number of hydrogen-bond donors (Lipinski definition) is 2. The molecule has 27 heavy (non-hydrogen) atoms. The van der Waals surface area contributed by atoms with Crippen molar-refractivity contribution in [3.05, 3.63) is 66.2 Å². The highest BCUT2D eigenvalue weighted by Gasteiger charge is 2.10. The zero-order chi connectivity index (χ0) is 19.3. The Kier molecular flexibility index (Phi) is 8.36. The van der Waals surface area contributed by atoms with Crippen molar-refractivity contribution in [3.63, 3.8) is 0 Å². The first-order chi connectivity index (χ1) is 13.1. The van der Waals surface area contributed by atoms with Gasteiger partial charge in [0, 0.05) is 13.0 Å². The zero-order valence-corrected chi connectivity index (χ0v) is 14.9. The summed E-state index contributed by atoms with van der Waals surface area (Å²) in [6.07, 6.45) is 0.591. The van der Waals surface area contributed by atoms with Crippen molar-refractivity contribution in [3.8, 4) is 5.75 Å². The number of rotatable bonds is 9. The van der Waals surface area contributed by atoms with Gasteiger partial charge in [0.25, 0.3) is 5.91 Å². The second kappa shape index (κ2) is 11.3. The first kappa shape index (κ1) is 20.0. The molecule has 7 heteroatoms. The zero-order valence-electron chi connectivity index (χ0n) is 14.9. The summed E-state index contributed by atoms with van der Waals surface area (Å²) in [4.78, 5) is 34.8. The highest BCUT2D eigenvalue weighted by atomic mass is 16.5. The third-order valence-electron chi connectivity index (χ3n) is 3.45. The number of urea groups is 1. The van der Waals surface area contributed by atoms with Gasteiger partial charge >= 0.3 is 12.0 Å². The van der Waals surface area contributed by atoms with E-state index in [-0.39, 0.29) is 6.42 Å². The SMILES string of the molecule is O=C(COC(=O)CCCOc1ccccc1)NC(=O)NCc1ccccc1. The fourth-order valence-corrected chi connectivity index (χ4v) is 2.13. The van der Waals surface area contributed by atoms with Gasteiger partial charge in [-0.25, -0.2) is 4.79 Å². The summed E-state index contributed by atoms with van der Waals surface area (Å²) in [7, 11) is 0. The van der Waals surface area contributed by atoms with Crippen LogP contribution in [0, 0.1) is 0 Å². The number of nitrogens with one attached hydrogen (secondary N) is 2.